The largest absolute Gasteiger partial charge is 0.496 e. The summed E-state index contributed by atoms with van der Waals surface area (Å²) in [6, 6.07) is 8.17. The summed E-state index contributed by atoms with van der Waals surface area (Å²) in [6.45, 7) is 3.94. The van der Waals surface area contributed by atoms with Crippen molar-refractivity contribution in [3.05, 3.63) is 29.8 Å². The number of methoxy groups -OCH3 is 1. The van der Waals surface area contributed by atoms with Crippen LogP contribution in [0.5, 0.6) is 5.75 Å². The molecule has 1 fully saturated rings. The molecule has 1 heterocycles. The van der Waals surface area contributed by atoms with Gasteiger partial charge in [-0.25, -0.2) is 0 Å². The van der Waals surface area contributed by atoms with Gasteiger partial charge in [-0.2, -0.15) is 0 Å². The highest BCUT2D eigenvalue weighted by Crippen LogP contribution is 2.21. The normalized spacial score (nSPS) is 19.0. The Morgan fingerprint density at radius 3 is 2.82 bits per heavy atom. The lowest BCUT2D eigenvalue weighted by atomic mass is 9.97. The Bertz CT molecular complexity index is 475. The number of nitrogens with one attached hydrogen (secondary N) is 1. The number of halogens is 1. The molecule has 1 aliphatic heterocycles. The van der Waals surface area contributed by atoms with Crippen molar-refractivity contribution >= 4 is 18.3 Å². The van der Waals surface area contributed by atoms with Crippen LogP contribution in [0.3, 0.4) is 0 Å². The Hall–Kier alpha value is -1.26. The van der Waals surface area contributed by atoms with E-state index in [1.54, 1.807) is 7.11 Å². The summed E-state index contributed by atoms with van der Waals surface area (Å²) in [7, 11) is 3.60. The number of hydrogen-bond acceptors (Lipinski definition) is 3. The first-order valence-electron chi connectivity index (χ1n) is 7.72. The SMILES string of the molecule is COc1ccccc1CC(C)N(C)C(=O)[C@@H]1CCCNC1.Cl. The number of ether oxygens (including phenoxy) is 1. The van der Waals surface area contributed by atoms with Crippen LogP contribution in [-0.4, -0.2) is 44.1 Å². The van der Waals surface area contributed by atoms with E-state index >= 15 is 0 Å². The smallest absolute Gasteiger partial charge is 0.226 e. The predicted octanol–water partition coefficient (Wildman–Crippen LogP) is 2.51. The lowest BCUT2D eigenvalue weighted by Gasteiger charge is -2.31. The minimum Gasteiger partial charge on any atom is -0.496 e. The molecule has 4 nitrogen and oxygen atoms in total. The van der Waals surface area contributed by atoms with Crippen LogP contribution in [0, 0.1) is 5.92 Å². The summed E-state index contributed by atoms with van der Waals surface area (Å²) in [5, 5.41) is 3.31. The summed E-state index contributed by atoms with van der Waals surface area (Å²) >= 11 is 0. The van der Waals surface area contributed by atoms with Crippen molar-refractivity contribution in [2.75, 3.05) is 27.2 Å². The number of hydrogen-bond donors (Lipinski definition) is 1. The number of carbonyl (C=O) groups excluding carboxylic acids is 1. The average molecular weight is 327 g/mol. The fourth-order valence-electron chi connectivity index (χ4n) is 2.89. The lowest BCUT2D eigenvalue weighted by Crippen LogP contribution is -2.45. The second-order valence-electron chi connectivity index (χ2n) is 5.86. The molecule has 1 aliphatic rings. The van der Waals surface area contributed by atoms with Gasteiger partial charge in [-0.1, -0.05) is 18.2 Å². The summed E-state index contributed by atoms with van der Waals surface area (Å²) in [4.78, 5) is 14.4. The van der Waals surface area contributed by atoms with E-state index in [-0.39, 0.29) is 30.3 Å². The number of para-hydroxylation sites is 1. The van der Waals surface area contributed by atoms with Crippen molar-refractivity contribution < 1.29 is 9.53 Å². The van der Waals surface area contributed by atoms with Crippen LogP contribution in [-0.2, 0) is 11.2 Å². The van der Waals surface area contributed by atoms with Crippen molar-refractivity contribution in [3.8, 4) is 5.75 Å². The highest BCUT2D eigenvalue weighted by Gasteiger charge is 2.26. The molecule has 0 spiro atoms. The second kappa shape index (κ2) is 9.01. The zero-order chi connectivity index (χ0) is 15.2. The van der Waals surface area contributed by atoms with Crippen LogP contribution in [0.2, 0.25) is 0 Å². The maximum atomic E-state index is 12.5. The second-order valence-corrected chi connectivity index (χ2v) is 5.86. The number of likely N-dealkylation sites (N-methyl/N-ethyl adjacent to an activating group) is 1. The predicted molar refractivity (Wildman–Crippen MR) is 91.8 cm³/mol. The van der Waals surface area contributed by atoms with E-state index < -0.39 is 0 Å². The Morgan fingerprint density at radius 1 is 1.45 bits per heavy atom. The van der Waals surface area contributed by atoms with Crippen molar-refractivity contribution in [1.29, 1.82) is 0 Å². The molecule has 2 rings (SSSR count). The van der Waals surface area contributed by atoms with E-state index in [1.807, 2.05) is 30.1 Å². The first-order chi connectivity index (χ1) is 10.1. The van der Waals surface area contributed by atoms with Gasteiger partial charge in [0.05, 0.1) is 13.0 Å². The summed E-state index contributed by atoms with van der Waals surface area (Å²) in [5.74, 6) is 1.28. The summed E-state index contributed by atoms with van der Waals surface area (Å²) in [5.41, 5.74) is 1.15. The first-order valence-corrected chi connectivity index (χ1v) is 7.72. The van der Waals surface area contributed by atoms with Crippen LogP contribution >= 0.6 is 12.4 Å². The molecule has 0 saturated carbocycles. The molecule has 2 atom stereocenters. The van der Waals surface area contributed by atoms with Gasteiger partial charge in [0.2, 0.25) is 5.91 Å². The molecule has 124 valence electrons. The fraction of sp³-hybridized carbons (Fsp3) is 0.588. The van der Waals surface area contributed by atoms with Gasteiger partial charge < -0.3 is 15.0 Å². The molecule has 0 radical (unpaired) electrons. The number of rotatable bonds is 5. The summed E-state index contributed by atoms with van der Waals surface area (Å²) in [6.07, 6.45) is 2.90. The maximum absolute atomic E-state index is 12.5. The number of piperidine rings is 1. The van der Waals surface area contributed by atoms with Crippen LogP contribution in [0.15, 0.2) is 24.3 Å². The van der Waals surface area contributed by atoms with Gasteiger partial charge in [0.15, 0.2) is 0 Å². The molecule has 0 bridgehead atoms. The van der Waals surface area contributed by atoms with Gasteiger partial charge in [0, 0.05) is 19.6 Å². The molecule has 22 heavy (non-hydrogen) atoms. The standard InChI is InChI=1S/C17H26N2O2.ClH/c1-13(11-14-7-4-5-9-16(14)21-3)19(2)17(20)15-8-6-10-18-12-15;/h4-5,7,9,13,15,18H,6,8,10-12H2,1-3H3;1H/t13?,15-;/m1./s1. The highest BCUT2D eigenvalue weighted by atomic mass is 35.5. The first kappa shape index (κ1) is 18.8. The van der Waals surface area contributed by atoms with Crippen LogP contribution in [0.1, 0.15) is 25.3 Å². The molecule has 5 heteroatoms. The number of benzene rings is 1. The van der Waals surface area contributed by atoms with E-state index in [2.05, 4.69) is 18.3 Å². The molecule has 1 aromatic carbocycles. The molecule has 1 aromatic rings. The fourth-order valence-corrected chi connectivity index (χ4v) is 2.89. The van der Waals surface area contributed by atoms with E-state index in [9.17, 15) is 4.79 Å². The zero-order valence-electron chi connectivity index (χ0n) is 13.7. The van der Waals surface area contributed by atoms with E-state index in [1.165, 1.54) is 0 Å². The van der Waals surface area contributed by atoms with Crippen LogP contribution in [0.4, 0.5) is 0 Å². The number of carbonyl (C=O) groups is 1. The van der Waals surface area contributed by atoms with E-state index in [4.69, 9.17) is 4.74 Å². The molecule has 0 aromatic heterocycles. The molecule has 1 saturated heterocycles. The third-order valence-electron chi connectivity index (χ3n) is 4.36. The zero-order valence-corrected chi connectivity index (χ0v) is 14.5. The number of amides is 1. The quantitative estimate of drug-likeness (QED) is 0.904. The molecule has 1 N–H and O–H groups in total. The van der Waals surface area contributed by atoms with Gasteiger partial charge in [0.1, 0.15) is 5.75 Å². The maximum Gasteiger partial charge on any atom is 0.226 e. The molecule has 0 aliphatic carbocycles. The molecule has 1 unspecified atom stereocenters. The minimum atomic E-state index is 0. The molecule has 1 amide bonds. The van der Waals surface area contributed by atoms with Crippen molar-refractivity contribution in [3.63, 3.8) is 0 Å². The van der Waals surface area contributed by atoms with Gasteiger partial charge in [0.25, 0.3) is 0 Å². The van der Waals surface area contributed by atoms with E-state index in [0.29, 0.717) is 0 Å². The monoisotopic (exact) mass is 326 g/mol. The van der Waals surface area contributed by atoms with Crippen LogP contribution < -0.4 is 10.1 Å². The summed E-state index contributed by atoms with van der Waals surface area (Å²) < 4.78 is 5.39. The lowest BCUT2D eigenvalue weighted by molar-refractivity contribution is -0.136. The Morgan fingerprint density at radius 2 is 2.18 bits per heavy atom. The Kier molecular flexibility index (Phi) is 7.69. The van der Waals surface area contributed by atoms with Gasteiger partial charge in [-0.3, -0.25) is 4.79 Å². The minimum absolute atomic E-state index is 0. The van der Waals surface area contributed by atoms with E-state index in [0.717, 1.165) is 43.7 Å². The third kappa shape index (κ3) is 4.62. The molecular weight excluding hydrogens is 300 g/mol. The van der Waals surface area contributed by atoms with Gasteiger partial charge in [-0.15, -0.1) is 12.4 Å². The Labute approximate surface area is 139 Å². The third-order valence-corrected chi connectivity index (χ3v) is 4.36. The van der Waals surface area contributed by atoms with Crippen molar-refractivity contribution in [2.45, 2.75) is 32.2 Å². The van der Waals surface area contributed by atoms with Crippen LogP contribution in [0.25, 0.3) is 0 Å². The molecular formula is C17H27ClN2O2. The van der Waals surface area contributed by atoms with Gasteiger partial charge in [-0.05, 0) is 44.4 Å². The number of nitrogens with zero attached hydrogens (tertiary/aromatic N) is 1. The average Bonchev–Trinajstić information content (AvgIpc) is 2.54. The topological polar surface area (TPSA) is 41.6 Å². The highest BCUT2D eigenvalue weighted by molar-refractivity contribution is 5.85. The van der Waals surface area contributed by atoms with Crippen molar-refractivity contribution in [1.82, 2.24) is 10.2 Å². The van der Waals surface area contributed by atoms with Crippen molar-refractivity contribution in [2.24, 2.45) is 5.92 Å². The Balaban J connectivity index is 0.00000242. The van der Waals surface area contributed by atoms with Gasteiger partial charge >= 0.3 is 0 Å².